The molecule has 0 aliphatic carbocycles. The number of carbonyl (C=O) groups excluding carboxylic acids is 1. The summed E-state index contributed by atoms with van der Waals surface area (Å²) in [6.45, 7) is 3.73. The minimum absolute atomic E-state index is 0.272. The SMILES string of the molecule is O=C1O[C@]2(CN3CCC2CC3)CN1c1cc(-c2cccs2)co1. The van der Waals surface area contributed by atoms with E-state index in [-0.39, 0.29) is 11.7 Å². The number of ether oxygens (including phenoxy) is 1. The number of hydrogen-bond acceptors (Lipinski definition) is 5. The van der Waals surface area contributed by atoms with E-state index < -0.39 is 0 Å². The summed E-state index contributed by atoms with van der Waals surface area (Å²) in [5, 5.41) is 2.04. The Morgan fingerprint density at radius 3 is 2.83 bits per heavy atom. The fourth-order valence-corrected chi connectivity index (χ4v) is 4.92. The molecule has 23 heavy (non-hydrogen) atoms. The Bertz CT molecular complexity index is 733. The molecule has 0 unspecified atom stereocenters. The molecule has 0 aromatic carbocycles. The van der Waals surface area contributed by atoms with Gasteiger partial charge in [0.15, 0.2) is 0 Å². The number of amides is 1. The smallest absolute Gasteiger partial charge is 0.417 e. The van der Waals surface area contributed by atoms with Crippen molar-refractivity contribution < 1.29 is 13.9 Å². The van der Waals surface area contributed by atoms with E-state index in [1.54, 1.807) is 22.5 Å². The highest BCUT2D eigenvalue weighted by molar-refractivity contribution is 7.13. The monoisotopic (exact) mass is 330 g/mol. The lowest BCUT2D eigenvalue weighted by Gasteiger charge is -2.49. The minimum Gasteiger partial charge on any atom is -0.448 e. The van der Waals surface area contributed by atoms with Crippen LogP contribution >= 0.6 is 11.3 Å². The standard InChI is InChI=1S/C17H18N2O3S/c20-16-19(15-8-12(9-21-15)14-2-1-7-23-14)11-17(22-16)10-18-5-3-13(17)4-6-18/h1-2,7-9,13H,3-6,10-11H2/t17-/m1/s1. The molecule has 2 bridgehead atoms. The molecule has 4 saturated heterocycles. The van der Waals surface area contributed by atoms with Gasteiger partial charge in [0.25, 0.3) is 0 Å². The average molecular weight is 330 g/mol. The van der Waals surface area contributed by atoms with Gasteiger partial charge in [0, 0.05) is 29.0 Å². The Hall–Kier alpha value is -1.79. The molecule has 6 rings (SSSR count). The molecule has 1 atom stereocenters. The van der Waals surface area contributed by atoms with E-state index in [1.807, 2.05) is 17.5 Å². The van der Waals surface area contributed by atoms with Gasteiger partial charge in [-0.05, 0) is 37.4 Å². The number of rotatable bonds is 2. The van der Waals surface area contributed by atoms with Crippen molar-refractivity contribution in [2.24, 2.45) is 5.92 Å². The van der Waals surface area contributed by atoms with Crippen molar-refractivity contribution in [3.8, 4) is 10.4 Å². The third-order valence-electron chi connectivity index (χ3n) is 5.42. The maximum atomic E-state index is 12.4. The van der Waals surface area contributed by atoms with Crippen LogP contribution in [0, 0.1) is 5.92 Å². The molecule has 2 aromatic rings. The van der Waals surface area contributed by atoms with Gasteiger partial charge in [-0.2, -0.15) is 0 Å². The Morgan fingerprint density at radius 2 is 2.13 bits per heavy atom. The van der Waals surface area contributed by atoms with Crippen LogP contribution in [0.3, 0.4) is 0 Å². The van der Waals surface area contributed by atoms with E-state index in [0.29, 0.717) is 18.3 Å². The predicted octanol–water partition coefficient (Wildman–Crippen LogP) is 3.43. The van der Waals surface area contributed by atoms with E-state index in [1.165, 1.54) is 0 Å². The number of anilines is 1. The molecule has 0 saturated carbocycles. The van der Waals surface area contributed by atoms with Gasteiger partial charge in [0.1, 0.15) is 11.9 Å². The van der Waals surface area contributed by atoms with Crippen molar-refractivity contribution in [3.63, 3.8) is 0 Å². The summed E-state index contributed by atoms with van der Waals surface area (Å²) >= 11 is 1.66. The number of furan rings is 1. The predicted molar refractivity (Wildman–Crippen MR) is 87.7 cm³/mol. The first kappa shape index (κ1) is 13.6. The highest BCUT2D eigenvalue weighted by atomic mass is 32.1. The summed E-state index contributed by atoms with van der Waals surface area (Å²) in [4.78, 5) is 17.7. The number of carbonyl (C=O) groups is 1. The second-order valence-electron chi connectivity index (χ2n) is 6.72. The first-order valence-electron chi connectivity index (χ1n) is 8.09. The molecule has 1 spiro atoms. The third-order valence-corrected chi connectivity index (χ3v) is 6.34. The number of thiophene rings is 1. The van der Waals surface area contributed by atoms with Gasteiger partial charge < -0.3 is 9.15 Å². The van der Waals surface area contributed by atoms with Gasteiger partial charge in [-0.3, -0.25) is 4.90 Å². The maximum Gasteiger partial charge on any atom is 0.417 e. The van der Waals surface area contributed by atoms with Crippen molar-refractivity contribution in [1.82, 2.24) is 4.90 Å². The zero-order chi connectivity index (χ0) is 15.4. The van der Waals surface area contributed by atoms with Crippen molar-refractivity contribution in [1.29, 1.82) is 0 Å². The third kappa shape index (κ3) is 2.05. The number of nitrogens with zero attached hydrogens (tertiary/aromatic N) is 2. The number of fused-ring (bicyclic) bond motifs is 2. The largest absolute Gasteiger partial charge is 0.448 e. The van der Waals surface area contributed by atoms with Gasteiger partial charge in [-0.25, -0.2) is 9.69 Å². The molecule has 120 valence electrons. The van der Waals surface area contributed by atoms with Crippen LogP contribution < -0.4 is 4.90 Å². The van der Waals surface area contributed by atoms with Crippen LogP contribution in [0.5, 0.6) is 0 Å². The second-order valence-corrected chi connectivity index (χ2v) is 7.67. The summed E-state index contributed by atoms with van der Waals surface area (Å²) in [5.74, 6) is 1.07. The molecule has 4 fully saturated rings. The Labute approximate surface area is 138 Å². The van der Waals surface area contributed by atoms with Gasteiger partial charge in [-0.1, -0.05) is 6.07 Å². The van der Waals surface area contributed by atoms with Gasteiger partial charge in [-0.15, -0.1) is 11.3 Å². The lowest BCUT2D eigenvalue weighted by atomic mass is 9.75. The van der Waals surface area contributed by atoms with Crippen LogP contribution in [0.1, 0.15) is 12.8 Å². The van der Waals surface area contributed by atoms with Crippen LogP contribution in [0.2, 0.25) is 0 Å². The van der Waals surface area contributed by atoms with Crippen LogP contribution in [-0.2, 0) is 4.74 Å². The Balaban J connectivity index is 1.43. The second kappa shape index (κ2) is 4.85. The summed E-state index contributed by atoms with van der Waals surface area (Å²) in [6, 6.07) is 6.00. The number of piperidine rings is 3. The summed E-state index contributed by atoms with van der Waals surface area (Å²) in [7, 11) is 0. The molecule has 5 nitrogen and oxygen atoms in total. The van der Waals surface area contributed by atoms with E-state index in [0.717, 1.165) is 42.9 Å². The summed E-state index contributed by atoms with van der Waals surface area (Å²) in [6.07, 6.45) is 3.70. The van der Waals surface area contributed by atoms with Gasteiger partial charge in [0.05, 0.1) is 6.54 Å². The lowest BCUT2D eigenvalue weighted by molar-refractivity contribution is -0.0881. The zero-order valence-electron chi connectivity index (χ0n) is 12.7. The molecule has 0 radical (unpaired) electrons. The Kier molecular flexibility index (Phi) is 2.87. The fourth-order valence-electron chi connectivity index (χ4n) is 4.22. The van der Waals surface area contributed by atoms with Crippen LogP contribution in [0.4, 0.5) is 10.7 Å². The first-order chi connectivity index (χ1) is 11.2. The maximum absolute atomic E-state index is 12.4. The molecule has 1 amide bonds. The molecule has 2 aromatic heterocycles. The van der Waals surface area contributed by atoms with Crippen LogP contribution in [0.25, 0.3) is 10.4 Å². The molecule has 4 aliphatic rings. The Morgan fingerprint density at radius 1 is 1.26 bits per heavy atom. The van der Waals surface area contributed by atoms with E-state index in [4.69, 9.17) is 9.15 Å². The quantitative estimate of drug-likeness (QED) is 0.846. The number of hydrogen-bond donors (Lipinski definition) is 0. The average Bonchev–Trinajstić information content (AvgIpc) is 3.28. The summed E-state index contributed by atoms with van der Waals surface area (Å²) in [5.41, 5.74) is 0.668. The first-order valence-corrected chi connectivity index (χ1v) is 8.97. The van der Waals surface area contributed by atoms with Gasteiger partial charge >= 0.3 is 6.09 Å². The lowest BCUT2D eigenvalue weighted by Crippen LogP contribution is -2.61. The topological polar surface area (TPSA) is 45.9 Å². The fraction of sp³-hybridized carbons (Fsp3) is 0.471. The molecule has 6 heteroatoms. The molecule has 6 heterocycles. The van der Waals surface area contributed by atoms with E-state index in [2.05, 4.69) is 11.0 Å². The van der Waals surface area contributed by atoms with Crippen molar-refractivity contribution >= 4 is 23.3 Å². The summed E-state index contributed by atoms with van der Waals surface area (Å²) < 4.78 is 11.6. The highest BCUT2D eigenvalue weighted by Crippen LogP contribution is 2.44. The van der Waals surface area contributed by atoms with Crippen LogP contribution in [0.15, 0.2) is 34.3 Å². The van der Waals surface area contributed by atoms with Crippen LogP contribution in [-0.4, -0.2) is 42.8 Å². The zero-order valence-corrected chi connectivity index (χ0v) is 13.6. The normalized spacial score (nSPS) is 32.7. The highest BCUT2D eigenvalue weighted by Gasteiger charge is 2.56. The van der Waals surface area contributed by atoms with E-state index >= 15 is 0 Å². The molecular weight excluding hydrogens is 312 g/mol. The van der Waals surface area contributed by atoms with Crippen molar-refractivity contribution in [3.05, 3.63) is 29.8 Å². The molecule has 4 aliphatic heterocycles. The molecule has 0 N–H and O–H groups in total. The minimum atomic E-state index is -0.344. The van der Waals surface area contributed by atoms with Crippen molar-refractivity contribution in [2.45, 2.75) is 18.4 Å². The molecular formula is C17H18N2O3S. The van der Waals surface area contributed by atoms with Gasteiger partial charge in [0.2, 0.25) is 5.88 Å². The van der Waals surface area contributed by atoms with Crippen molar-refractivity contribution in [2.75, 3.05) is 31.1 Å². The van der Waals surface area contributed by atoms with E-state index in [9.17, 15) is 4.79 Å².